The van der Waals surface area contributed by atoms with Gasteiger partial charge in [-0.05, 0) is 19.8 Å². The zero-order valence-electron chi connectivity index (χ0n) is 11.6. The Hall–Kier alpha value is -1.02. The summed E-state index contributed by atoms with van der Waals surface area (Å²) in [6, 6.07) is -0.769. The van der Waals surface area contributed by atoms with E-state index < -0.39 is 36.1 Å². The van der Waals surface area contributed by atoms with E-state index in [9.17, 15) is 24.9 Å². The van der Waals surface area contributed by atoms with E-state index in [4.69, 9.17) is 4.74 Å². The van der Waals surface area contributed by atoms with Crippen LogP contribution in [0.15, 0.2) is 0 Å². The number of carbonyl (C=O) groups is 2. The number of aliphatic hydroxyl groups is 3. The number of ether oxygens (including phenoxy) is 1. The van der Waals surface area contributed by atoms with Gasteiger partial charge in [0, 0.05) is 13.3 Å². The largest absolute Gasteiger partial charge is 0.393 e. The number of ketones is 1. The second kappa shape index (κ2) is 5.07. The van der Waals surface area contributed by atoms with Crippen molar-refractivity contribution in [2.75, 3.05) is 6.61 Å². The Bertz CT molecular complexity index is 423. The second-order valence-corrected chi connectivity index (χ2v) is 5.81. The fourth-order valence-electron chi connectivity index (χ4n) is 3.23. The van der Waals surface area contributed by atoms with Gasteiger partial charge in [0.1, 0.15) is 23.1 Å². The van der Waals surface area contributed by atoms with Gasteiger partial charge in [-0.2, -0.15) is 0 Å². The predicted molar refractivity (Wildman–Crippen MR) is 67.8 cm³/mol. The summed E-state index contributed by atoms with van der Waals surface area (Å²) in [7, 11) is 0. The van der Waals surface area contributed by atoms with Gasteiger partial charge in [-0.25, -0.2) is 0 Å². The predicted octanol–water partition coefficient (Wildman–Crippen LogP) is -1.51. The first-order valence-electron chi connectivity index (χ1n) is 6.71. The minimum Gasteiger partial charge on any atom is -0.393 e. The Labute approximate surface area is 116 Å². The van der Waals surface area contributed by atoms with Gasteiger partial charge in [-0.3, -0.25) is 9.59 Å². The summed E-state index contributed by atoms with van der Waals surface area (Å²) in [5, 5.41) is 32.6. The number of aliphatic hydroxyl groups excluding tert-OH is 2. The van der Waals surface area contributed by atoms with Crippen molar-refractivity contribution in [2.24, 2.45) is 0 Å². The molecule has 1 amide bonds. The van der Waals surface area contributed by atoms with Crippen LogP contribution in [0.25, 0.3) is 0 Å². The molecule has 1 aliphatic carbocycles. The zero-order chi connectivity index (χ0) is 15.1. The maximum absolute atomic E-state index is 11.3. The molecule has 2 aliphatic rings. The standard InChI is InChI=1S/C13H21NO6/c1-7(16)5-9-10(14-8(2)17)11(18)13(20-9)4-3-12(13,19)6-15/h9-11,15,18-19H,3-6H2,1-2H3,(H,14,17)/t9-,10-,11+,12+,13+/m0/s1. The van der Waals surface area contributed by atoms with E-state index in [1.165, 1.54) is 13.8 Å². The van der Waals surface area contributed by atoms with E-state index in [0.29, 0.717) is 12.8 Å². The Kier molecular flexibility index (Phi) is 3.90. The fraction of sp³-hybridized carbons (Fsp3) is 0.846. The van der Waals surface area contributed by atoms with Crippen LogP contribution in [0.5, 0.6) is 0 Å². The van der Waals surface area contributed by atoms with Crippen molar-refractivity contribution >= 4 is 11.7 Å². The van der Waals surface area contributed by atoms with Crippen LogP contribution in [-0.4, -0.2) is 63.1 Å². The summed E-state index contributed by atoms with van der Waals surface area (Å²) in [6.07, 6.45) is -1.16. The molecule has 114 valence electrons. The van der Waals surface area contributed by atoms with E-state index in [0.717, 1.165) is 0 Å². The number of hydrogen-bond donors (Lipinski definition) is 4. The molecule has 2 fully saturated rings. The first kappa shape index (κ1) is 15.4. The highest BCUT2D eigenvalue weighted by atomic mass is 16.6. The van der Waals surface area contributed by atoms with Crippen molar-refractivity contribution in [1.29, 1.82) is 0 Å². The summed E-state index contributed by atoms with van der Waals surface area (Å²) in [6.45, 7) is 2.16. The van der Waals surface area contributed by atoms with Crippen molar-refractivity contribution in [1.82, 2.24) is 5.32 Å². The lowest BCUT2D eigenvalue weighted by atomic mass is 9.62. The van der Waals surface area contributed by atoms with Crippen molar-refractivity contribution in [3.63, 3.8) is 0 Å². The minimum absolute atomic E-state index is 0.0330. The monoisotopic (exact) mass is 287 g/mol. The van der Waals surface area contributed by atoms with E-state index in [1.54, 1.807) is 0 Å². The molecule has 0 aromatic carbocycles. The maximum Gasteiger partial charge on any atom is 0.217 e. The highest BCUT2D eigenvalue weighted by Crippen LogP contribution is 2.53. The molecule has 5 atom stereocenters. The second-order valence-electron chi connectivity index (χ2n) is 5.81. The number of Topliss-reactive ketones (excluding diaryl/α,β-unsaturated/α-hetero) is 1. The van der Waals surface area contributed by atoms with Crippen LogP contribution in [-0.2, 0) is 14.3 Å². The van der Waals surface area contributed by atoms with Gasteiger partial charge >= 0.3 is 0 Å². The van der Waals surface area contributed by atoms with Crippen molar-refractivity contribution in [3.8, 4) is 0 Å². The molecule has 0 aromatic heterocycles. The summed E-state index contributed by atoms with van der Waals surface area (Å²) in [5.74, 6) is -0.489. The Balaban J connectivity index is 2.26. The van der Waals surface area contributed by atoms with Crippen LogP contribution in [0.1, 0.15) is 33.1 Å². The molecule has 1 aliphatic heterocycles. The van der Waals surface area contributed by atoms with Gasteiger partial charge in [-0.1, -0.05) is 0 Å². The molecule has 0 radical (unpaired) electrons. The molecule has 0 unspecified atom stereocenters. The van der Waals surface area contributed by atoms with Gasteiger partial charge in [0.2, 0.25) is 5.91 Å². The smallest absolute Gasteiger partial charge is 0.217 e. The number of nitrogens with one attached hydrogen (secondary N) is 1. The van der Waals surface area contributed by atoms with Crippen LogP contribution in [0, 0.1) is 0 Å². The summed E-state index contributed by atoms with van der Waals surface area (Å²) >= 11 is 0. The van der Waals surface area contributed by atoms with Crippen molar-refractivity contribution in [3.05, 3.63) is 0 Å². The van der Waals surface area contributed by atoms with Gasteiger partial charge in [0.05, 0.1) is 18.8 Å². The molecule has 1 saturated carbocycles. The van der Waals surface area contributed by atoms with Crippen LogP contribution >= 0.6 is 0 Å². The molecule has 1 spiro atoms. The number of amides is 1. The average molecular weight is 287 g/mol. The maximum atomic E-state index is 11.3. The number of carbonyl (C=O) groups excluding carboxylic acids is 2. The number of hydrogen-bond acceptors (Lipinski definition) is 6. The molecule has 2 rings (SSSR count). The van der Waals surface area contributed by atoms with Crippen molar-refractivity contribution in [2.45, 2.75) is 62.6 Å². The molecule has 0 bridgehead atoms. The SMILES string of the molecule is CC(=O)C[C@@H]1O[C@]2(CC[C@@]2(O)CO)[C@H](O)[C@H]1NC(C)=O. The first-order valence-corrected chi connectivity index (χ1v) is 6.71. The van der Waals surface area contributed by atoms with Gasteiger partial charge in [0.15, 0.2) is 0 Å². The van der Waals surface area contributed by atoms with Gasteiger partial charge in [-0.15, -0.1) is 0 Å². The normalized spacial score (nSPS) is 43.4. The molecule has 1 saturated heterocycles. The molecule has 7 heteroatoms. The Morgan fingerprint density at radius 2 is 2.00 bits per heavy atom. The third-order valence-corrected chi connectivity index (χ3v) is 4.40. The third kappa shape index (κ3) is 2.14. The lowest BCUT2D eigenvalue weighted by Crippen LogP contribution is -2.71. The third-order valence-electron chi connectivity index (χ3n) is 4.40. The van der Waals surface area contributed by atoms with E-state index >= 15 is 0 Å². The van der Waals surface area contributed by atoms with E-state index in [-0.39, 0.29) is 18.1 Å². The Morgan fingerprint density at radius 1 is 1.35 bits per heavy atom. The van der Waals surface area contributed by atoms with E-state index in [1.807, 2.05) is 0 Å². The quantitative estimate of drug-likeness (QED) is 0.499. The molecule has 7 nitrogen and oxygen atoms in total. The molecule has 0 aromatic rings. The summed E-state index contributed by atoms with van der Waals surface area (Å²) in [4.78, 5) is 22.6. The van der Waals surface area contributed by atoms with Crippen LogP contribution < -0.4 is 5.32 Å². The molecular formula is C13H21NO6. The molecule has 4 N–H and O–H groups in total. The Morgan fingerprint density at radius 3 is 2.40 bits per heavy atom. The van der Waals surface area contributed by atoms with Gasteiger partial charge < -0.3 is 25.4 Å². The number of rotatable bonds is 4. The fourth-order valence-corrected chi connectivity index (χ4v) is 3.23. The summed E-state index contributed by atoms with van der Waals surface area (Å²) < 4.78 is 5.73. The topological polar surface area (TPSA) is 116 Å². The van der Waals surface area contributed by atoms with E-state index in [2.05, 4.69) is 5.32 Å². The highest BCUT2D eigenvalue weighted by Gasteiger charge is 2.70. The molecular weight excluding hydrogens is 266 g/mol. The van der Waals surface area contributed by atoms with Crippen LogP contribution in [0.4, 0.5) is 0 Å². The molecule has 1 heterocycles. The lowest BCUT2D eigenvalue weighted by molar-refractivity contribution is -0.275. The summed E-state index contributed by atoms with van der Waals surface area (Å²) in [5.41, 5.74) is -2.84. The lowest BCUT2D eigenvalue weighted by Gasteiger charge is -2.54. The van der Waals surface area contributed by atoms with Gasteiger partial charge in [0.25, 0.3) is 0 Å². The zero-order valence-corrected chi connectivity index (χ0v) is 11.6. The molecule has 20 heavy (non-hydrogen) atoms. The van der Waals surface area contributed by atoms with Crippen LogP contribution in [0.2, 0.25) is 0 Å². The first-order chi connectivity index (χ1) is 9.25. The van der Waals surface area contributed by atoms with Crippen LogP contribution in [0.3, 0.4) is 0 Å². The highest BCUT2D eigenvalue weighted by molar-refractivity contribution is 5.77. The minimum atomic E-state index is -1.53. The van der Waals surface area contributed by atoms with Crippen molar-refractivity contribution < 1.29 is 29.6 Å². The average Bonchev–Trinajstić information content (AvgIpc) is 2.62.